The highest BCUT2D eigenvalue weighted by Gasteiger charge is 2.15. The minimum absolute atomic E-state index is 0.104. The third-order valence-electron chi connectivity index (χ3n) is 4.50. The molecule has 170 valence electrons. The van der Waals surface area contributed by atoms with Crippen molar-refractivity contribution >= 4 is 33.7 Å². The molecule has 9 heteroatoms. The van der Waals surface area contributed by atoms with Gasteiger partial charge in [0.15, 0.2) is 11.5 Å². The van der Waals surface area contributed by atoms with Gasteiger partial charge in [-0.05, 0) is 46.1 Å². The molecule has 3 rings (SSSR count). The topological polar surface area (TPSA) is 103 Å². The van der Waals surface area contributed by atoms with Crippen molar-refractivity contribution < 1.29 is 19.2 Å². The van der Waals surface area contributed by atoms with Gasteiger partial charge in [0, 0.05) is 11.6 Å². The second-order valence-corrected chi connectivity index (χ2v) is 7.75. The fourth-order valence-electron chi connectivity index (χ4n) is 3.02. The zero-order valence-electron chi connectivity index (χ0n) is 17.9. The summed E-state index contributed by atoms with van der Waals surface area (Å²) in [5, 5.41) is 15.1. The van der Waals surface area contributed by atoms with Crippen LogP contribution in [0.1, 0.15) is 23.6 Å². The molecule has 0 aliphatic rings. The number of carbonyl (C=O) groups excluding carboxylic acids is 1. The molecule has 3 aromatic rings. The van der Waals surface area contributed by atoms with Crippen LogP contribution in [0.2, 0.25) is 0 Å². The second kappa shape index (κ2) is 11.8. The Balaban J connectivity index is 1.67. The van der Waals surface area contributed by atoms with Gasteiger partial charge in [-0.3, -0.25) is 14.9 Å². The number of amides is 1. The Morgan fingerprint density at radius 1 is 1.12 bits per heavy atom. The molecule has 0 aromatic heterocycles. The predicted molar refractivity (Wildman–Crippen MR) is 129 cm³/mol. The normalized spacial score (nSPS) is 10.7. The Labute approximate surface area is 199 Å². The Morgan fingerprint density at radius 2 is 1.85 bits per heavy atom. The number of nitrogens with zero attached hydrogens (tertiary/aromatic N) is 2. The summed E-state index contributed by atoms with van der Waals surface area (Å²) in [6.45, 7) is 2.70. The van der Waals surface area contributed by atoms with E-state index < -0.39 is 10.8 Å². The maximum atomic E-state index is 12.2. The van der Waals surface area contributed by atoms with Gasteiger partial charge in [0.2, 0.25) is 5.91 Å². The number of hydrogen-bond acceptors (Lipinski definition) is 6. The maximum absolute atomic E-state index is 12.2. The van der Waals surface area contributed by atoms with E-state index in [0.29, 0.717) is 40.3 Å². The van der Waals surface area contributed by atoms with Gasteiger partial charge in [-0.2, -0.15) is 5.10 Å². The zero-order chi connectivity index (χ0) is 23.6. The molecule has 1 amide bonds. The van der Waals surface area contributed by atoms with Crippen molar-refractivity contribution in [3.63, 3.8) is 0 Å². The largest absolute Gasteiger partial charge is 0.490 e. The minimum atomic E-state index is -0.514. The SMILES string of the molecule is CCOc1cc(/C=N/NC(=O)Cc2ccccc2[N+](=O)[O-])cc(Br)c1OCc1ccccc1. The fourth-order valence-corrected chi connectivity index (χ4v) is 3.60. The Kier molecular flexibility index (Phi) is 8.54. The van der Waals surface area contributed by atoms with Gasteiger partial charge in [-0.15, -0.1) is 0 Å². The smallest absolute Gasteiger partial charge is 0.273 e. The van der Waals surface area contributed by atoms with Crippen LogP contribution in [-0.4, -0.2) is 23.7 Å². The highest BCUT2D eigenvalue weighted by atomic mass is 79.9. The van der Waals surface area contributed by atoms with Gasteiger partial charge < -0.3 is 9.47 Å². The van der Waals surface area contributed by atoms with Gasteiger partial charge >= 0.3 is 0 Å². The number of rotatable bonds is 10. The zero-order valence-corrected chi connectivity index (χ0v) is 19.4. The van der Waals surface area contributed by atoms with Gasteiger partial charge in [0.1, 0.15) is 6.61 Å². The number of nitro groups is 1. The van der Waals surface area contributed by atoms with E-state index >= 15 is 0 Å². The molecule has 3 aromatic carbocycles. The molecule has 0 heterocycles. The van der Waals surface area contributed by atoms with Crippen LogP contribution in [0.25, 0.3) is 0 Å². The number of hydrogen-bond donors (Lipinski definition) is 1. The second-order valence-electron chi connectivity index (χ2n) is 6.89. The monoisotopic (exact) mass is 511 g/mol. The maximum Gasteiger partial charge on any atom is 0.273 e. The summed E-state index contributed by atoms with van der Waals surface area (Å²) in [5.41, 5.74) is 4.31. The van der Waals surface area contributed by atoms with E-state index in [0.717, 1.165) is 5.56 Å². The lowest BCUT2D eigenvalue weighted by Crippen LogP contribution is -2.20. The first-order chi connectivity index (χ1) is 16.0. The molecule has 0 radical (unpaired) electrons. The van der Waals surface area contributed by atoms with E-state index in [1.165, 1.54) is 12.3 Å². The molecule has 0 atom stereocenters. The molecule has 0 spiro atoms. The third kappa shape index (κ3) is 6.88. The molecule has 0 saturated heterocycles. The van der Waals surface area contributed by atoms with E-state index in [4.69, 9.17) is 9.47 Å². The lowest BCUT2D eigenvalue weighted by atomic mass is 10.1. The van der Waals surface area contributed by atoms with Gasteiger partial charge in [-0.25, -0.2) is 5.43 Å². The number of nitrogens with one attached hydrogen (secondary N) is 1. The number of nitro benzene ring substituents is 1. The van der Waals surface area contributed by atoms with E-state index in [1.807, 2.05) is 37.3 Å². The van der Waals surface area contributed by atoms with Crippen LogP contribution >= 0.6 is 15.9 Å². The lowest BCUT2D eigenvalue weighted by Gasteiger charge is -2.14. The molecule has 0 saturated carbocycles. The van der Waals surface area contributed by atoms with Crippen LogP contribution in [0, 0.1) is 10.1 Å². The average Bonchev–Trinajstić information content (AvgIpc) is 2.79. The molecule has 1 N–H and O–H groups in total. The Hall–Kier alpha value is -3.72. The van der Waals surface area contributed by atoms with Crippen LogP contribution in [0.15, 0.2) is 76.3 Å². The first-order valence-electron chi connectivity index (χ1n) is 10.1. The van der Waals surface area contributed by atoms with E-state index in [-0.39, 0.29) is 12.1 Å². The number of para-hydroxylation sites is 1. The molecular weight excluding hydrogens is 490 g/mol. The molecule has 0 aliphatic carbocycles. The van der Waals surface area contributed by atoms with Crippen LogP contribution in [0.5, 0.6) is 11.5 Å². The molecule has 0 bridgehead atoms. The van der Waals surface area contributed by atoms with Crippen LogP contribution in [0.3, 0.4) is 0 Å². The Morgan fingerprint density at radius 3 is 2.58 bits per heavy atom. The quantitative estimate of drug-likeness (QED) is 0.233. The molecule has 33 heavy (non-hydrogen) atoms. The summed E-state index contributed by atoms with van der Waals surface area (Å²) < 4.78 is 12.4. The van der Waals surface area contributed by atoms with Crippen molar-refractivity contribution in [2.45, 2.75) is 20.0 Å². The molecule has 0 unspecified atom stereocenters. The van der Waals surface area contributed by atoms with E-state index in [1.54, 1.807) is 30.3 Å². The average molecular weight is 512 g/mol. The number of halogens is 1. The summed E-state index contributed by atoms with van der Waals surface area (Å²) in [6, 6.07) is 19.4. The van der Waals surface area contributed by atoms with Crippen molar-refractivity contribution in [2.75, 3.05) is 6.61 Å². The van der Waals surface area contributed by atoms with Crippen molar-refractivity contribution in [1.82, 2.24) is 5.43 Å². The van der Waals surface area contributed by atoms with Gasteiger partial charge in [0.05, 0.1) is 28.6 Å². The number of ether oxygens (including phenoxy) is 2. The summed E-state index contributed by atoms with van der Waals surface area (Å²) in [7, 11) is 0. The summed E-state index contributed by atoms with van der Waals surface area (Å²) in [5.74, 6) is 0.640. The van der Waals surface area contributed by atoms with Crippen LogP contribution < -0.4 is 14.9 Å². The van der Waals surface area contributed by atoms with Gasteiger partial charge in [0.25, 0.3) is 5.69 Å². The Bertz CT molecular complexity index is 1150. The first-order valence-corrected chi connectivity index (χ1v) is 10.9. The summed E-state index contributed by atoms with van der Waals surface area (Å²) in [4.78, 5) is 22.8. The highest BCUT2D eigenvalue weighted by Crippen LogP contribution is 2.37. The number of carbonyl (C=O) groups is 1. The summed E-state index contributed by atoms with van der Waals surface area (Å²) >= 11 is 3.51. The van der Waals surface area contributed by atoms with Crippen LogP contribution in [-0.2, 0) is 17.8 Å². The number of benzene rings is 3. The van der Waals surface area contributed by atoms with Crippen molar-refractivity contribution in [3.05, 3.63) is 98.0 Å². The standard InChI is InChI=1S/C24H22BrN3O5/c1-2-32-22-13-18(12-20(25)24(22)33-16-17-8-4-3-5-9-17)15-26-27-23(29)14-19-10-6-7-11-21(19)28(30)31/h3-13,15H,2,14,16H2,1H3,(H,27,29)/b26-15+. The minimum Gasteiger partial charge on any atom is -0.490 e. The lowest BCUT2D eigenvalue weighted by molar-refractivity contribution is -0.385. The highest BCUT2D eigenvalue weighted by molar-refractivity contribution is 9.10. The van der Waals surface area contributed by atoms with E-state index in [2.05, 4.69) is 26.5 Å². The van der Waals surface area contributed by atoms with E-state index in [9.17, 15) is 14.9 Å². The van der Waals surface area contributed by atoms with Gasteiger partial charge in [-0.1, -0.05) is 48.5 Å². The van der Waals surface area contributed by atoms with Crippen molar-refractivity contribution in [2.24, 2.45) is 5.10 Å². The summed E-state index contributed by atoms with van der Waals surface area (Å²) in [6.07, 6.45) is 1.31. The molecule has 0 fully saturated rings. The number of hydrazone groups is 1. The molecule has 0 aliphatic heterocycles. The van der Waals surface area contributed by atoms with Crippen molar-refractivity contribution in [3.8, 4) is 11.5 Å². The predicted octanol–water partition coefficient (Wildman–Crippen LogP) is 5.03. The molecule has 8 nitrogen and oxygen atoms in total. The first kappa shape index (κ1) is 23.9. The fraction of sp³-hybridized carbons (Fsp3) is 0.167. The molecular formula is C24H22BrN3O5. The van der Waals surface area contributed by atoms with Crippen molar-refractivity contribution in [1.29, 1.82) is 0 Å². The third-order valence-corrected chi connectivity index (χ3v) is 5.09. The van der Waals surface area contributed by atoms with Crippen LogP contribution in [0.4, 0.5) is 5.69 Å².